The van der Waals surface area contributed by atoms with Crippen molar-refractivity contribution < 1.29 is 14.6 Å². The average Bonchev–Trinajstić information content (AvgIpc) is 2.10. The van der Waals surface area contributed by atoms with Gasteiger partial charge >= 0.3 is 5.97 Å². The van der Waals surface area contributed by atoms with Crippen molar-refractivity contribution in [2.45, 2.75) is 6.92 Å². The number of aryl methyl sites for hydroxylation is 1. The van der Waals surface area contributed by atoms with Crippen LogP contribution in [0.25, 0.3) is 0 Å². The fourth-order valence-electron chi connectivity index (χ4n) is 0.996. The van der Waals surface area contributed by atoms with E-state index < -0.39 is 0 Å². The molecule has 0 saturated heterocycles. The summed E-state index contributed by atoms with van der Waals surface area (Å²) >= 11 is 1.96. The number of benzene rings is 1. The van der Waals surface area contributed by atoms with Crippen LogP contribution >= 0.6 is 22.6 Å². The molecule has 0 saturated carbocycles. The van der Waals surface area contributed by atoms with Crippen molar-refractivity contribution in [1.82, 2.24) is 0 Å². The highest BCUT2D eigenvalue weighted by Crippen LogP contribution is 2.23. The van der Waals surface area contributed by atoms with Gasteiger partial charge in [-0.2, -0.15) is 0 Å². The van der Waals surface area contributed by atoms with Crippen LogP contribution in [0.5, 0.6) is 5.75 Å². The average molecular weight is 292 g/mol. The molecule has 4 heteroatoms. The number of hydrogen-bond acceptors (Lipinski definition) is 3. The lowest BCUT2D eigenvalue weighted by molar-refractivity contribution is 0.0600. The minimum atomic E-state index is -0.379. The van der Waals surface area contributed by atoms with Gasteiger partial charge in [-0.1, -0.05) is 0 Å². The van der Waals surface area contributed by atoms with Gasteiger partial charge in [0.25, 0.3) is 0 Å². The fraction of sp³-hybridized carbons (Fsp3) is 0.222. The molecule has 0 bridgehead atoms. The third-order valence-corrected chi connectivity index (χ3v) is 2.56. The molecule has 1 N–H and O–H groups in total. The molecule has 1 aromatic rings. The Kier molecular flexibility index (Phi) is 3.13. The van der Waals surface area contributed by atoms with E-state index in [0.717, 1.165) is 0 Å². The summed E-state index contributed by atoms with van der Waals surface area (Å²) in [6, 6.07) is 3.16. The predicted molar refractivity (Wildman–Crippen MR) is 56.9 cm³/mol. The summed E-state index contributed by atoms with van der Waals surface area (Å²) in [7, 11) is 1.33. The summed E-state index contributed by atoms with van der Waals surface area (Å²) < 4.78 is 5.23. The number of halogens is 1. The monoisotopic (exact) mass is 292 g/mol. The number of ether oxygens (including phenoxy) is 1. The molecule has 0 spiro atoms. The molecule has 1 aromatic carbocycles. The van der Waals surface area contributed by atoms with Crippen LogP contribution in [0.2, 0.25) is 0 Å². The summed E-state index contributed by atoms with van der Waals surface area (Å²) in [6.45, 7) is 1.75. The van der Waals surface area contributed by atoms with Gasteiger partial charge in [0, 0.05) is 0 Å². The zero-order valence-corrected chi connectivity index (χ0v) is 9.45. The molecule has 0 aliphatic rings. The first-order chi connectivity index (χ1) is 6.06. The van der Waals surface area contributed by atoms with E-state index in [9.17, 15) is 9.90 Å². The zero-order chi connectivity index (χ0) is 10.0. The minimum absolute atomic E-state index is 0.186. The number of methoxy groups -OCH3 is 1. The number of phenols is 1. The Hall–Kier alpha value is -0.780. The number of hydrogen-bond donors (Lipinski definition) is 1. The number of carbonyl (C=O) groups excluding carboxylic acids is 1. The third-order valence-electron chi connectivity index (χ3n) is 1.70. The van der Waals surface area contributed by atoms with Crippen molar-refractivity contribution in [1.29, 1.82) is 0 Å². The van der Waals surface area contributed by atoms with Gasteiger partial charge in [0.2, 0.25) is 0 Å². The summed E-state index contributed by atoms with van der Waals surface area (Å²) in [4.78, 5) is 11.2. The Morgan fingerprint density at radius 3 is 2.69 bits per heavy atom. The largest absolute Gasteiger partial charge is 0.507 e. The van der Waals surface area contributed by atoms with Crippen LogP contribution in [-0.2, 0) is 4.74 Å². The van der Waals surface area contributed by atoms with Crippen molar-refractivity contribution in [3.63, 3.8) is 0 Å². The van der Waals surface area contributed by atoms with E-state index in [-0.39, 0.29) is 11.7 Å². The molecule has 0 heterocycles. The van der Waals surface area contributed by atoms with Crippen LogP contribution in [-0.4, -0.2) is 18.2 Å². The van der Waals surface area contributed by atoms with E-state index in [1.54, 1.807) is 19.1 Å². The van der Waals surface area contributed by atoms with Crippen molar-refractivity contribution in [2.75, 3.05) is 7.11 Å². The Bertz CT molecular complexity index is 347. The number of aromatic hydroxyl groups is 1. The molecule has 0 atom stereocenters. The van der Waals surface area contributed by atoms with E-state index in [2.05, 4.69) is 4.74 Å². The van der Waals surface area contributed by atoms with Crippen LogP contribution in [0.3, 0.4) is 0 Å². The Morgan fingerprint density at radius 1 is 1.54 bits per heavy atom. The van der Waals surface area contributed by atoms with Crippen LogP contribution < -0.4 is 0 Å². The Labute approximate surface area is 89.9 Å². The standard InChI is InChI=1S/C9H9IO3/c1-5-3-8(11)7(10)4-6(5)9(12)13-2/h3-4,11H,1-2H3. The first-order valence-electron chi connectivity index (χ1n) is 3.63. The van der Waals surface area contributed by atoms with E-state index in [0.29, 0.717) is 14.7 Å². The highest BCUT2D eigenvalue weighted by molar-refractivity contribution is 14.1. The lowest BCUT2D eigenvalue weighted by Gasteiger charge is -2.05. The maximum absolute atomic E-state index is 11.2. The van der Waals surface area contributed by atoms with Crippen molar-refractivity contribution in [3.8, 4) is 5.75 Å². The molecule has 0 radical (unpaired) electrons. The van der Waals surface area contributed by atoms with E-state index in [1.807, 2.05) is 22.6 Å². The fourth-order valence-corrected chi connectivity index (χ4v) is 1.46. The number of rotatable bonds is 1. The maximum atomic E-state index is 11.2. The lowest BCUT2D eigenvalue weighted by Crippen LogP contribution is -2.04. The first kappa shape index (κ1) is 10.3. The molecule has 0 fully saturated rings. The first-order valence-corrected chi connectivity index (χ1v) is 4.71. The van der Waals surface area contributed by atoms with Crippen molar-refractivity contribution in [3.05, 3.63) is 26.8 Å². The molecule has 70 valence electrons. The van der Waals surface area contributed by atoms with Gasteiger partial charge in [-0.05, 0) is 47.2 Å². The van der Waals surface area contributed by atoms with Gasteiger partial charge in [0.05, 0.1) is 16.2 Å². The smallest absolute Gasteiger partial charge is 0.338 e. The molecule has 1 rings (SSSR count). The SMILES string of the molecule is COC(=O)c1cc(I)c(O)cc1C. The van der Waals surface area contributed by atoms with Crippen LogP contribution in [0, 0.1) is 10.5 Å². The maximum Gasteiger partial charge on any atom is 0.338 e. The molecular weight excluding hydrogens is 283 g/mol. The van der Waals surface area contributed by atoms with Gasteiger partial charge in [-0.15, -0.1) is 0 Å². The van der Waals surface area contributed by atoms with Gasteiger partial charge in [-0.25, -0.2) is 4.79 Å². The van der Waals surface area contributed by atoms with Crippen molar-refractivity contribution in [2.24, 2.45) is 0 Å². The molecule has 0 aliphatic carbocycles. The number of esters is 1. The molecule has 0 aromatic heterocycles. The zero-order valence-electron chi connectivity index (χ0n) is 7.30. The highest BCUT2D eigenvalue weighted by Gasteiger charge is 2.11. The quantitative estimate of drug-likeness (QED) is 0.637. The topological polar surface area (TPSA) is 46.5 Å². The Morgan fingerprint density at radius 2 is 2.15 bits per heavy atom. The second-order valence-corrected chi connectivity index (χ2v) is 3.77. The predicted octanol–water partition coefficient (Wildman–Crippen LogP) is 2.09. The van der Waals surface area contributed by atoms with Crippen molar-refractivity contribution >= 4 is 28.6 Å². The normalized spacial score (nSPS) is 9.77. The van der Waals surface area contributed by atoms with Crippen LogP contribution in [0.1, 0.15) is 15.9 Å². The molecule has 0 amide bonds. The van der Waals surface area contributed by atoms with Gasteiger partial charge in [0.15, 0.2) is 0 Å². The van der Waals surface area contributed by atoms with Crippen LogP contribution in [0.4, 0.5) is 0 Å². The second-order valence-electron chi connectivity index (χ2n) is 2.61. The Balaban J connectivity index is 3.23. The van der Waals surface area contributed by atoms with E-state index in [4.69, 9.17) is 0 Å². The van der Waals surface area contributed by atoms with Gasteiger partial charge in [0.1, 0.15) is 5.75 Å². The number of carbonyl (C=O) groups is 1. The van der Waals surface area contributed by atoms with E-state index in [1.165, 1.54) is 7.11 Å². The summed E-state index contributed by atoms with van der Waals surface area (Å²) in [5.74, 6) is -0.193. The summed E-state index contributed by atoms with van der Waals surface area (Å²) in [6.07, 6.45) is 0. The summed E-state index contributed by atoms with van der Waals surface area (Å²) in [5, 5.41) is 9.32. The second kappa shape index (κ2) is 3.95. The molecule has 0 aliphatic heterocycles. The molecule has 3 nitrogen and oxygen atoms in total. The molecular formula is C9H9IO3. The molecule has 0 unspecified atom stereocenters. The third kappa shape index (κ3) is 2.12. The van der Waals surface area contributed by atoms with Gasteiger partial charge < -0.3 is 9.84 Å². The van der Waals surface area contributed by atoms with Gasteiger partial charge in [-0.3, -0.25) is 0 Å². The highest BCUT2D eigenvalue weighted by atomic mass is 127. The summed E-state index contributed by atoms with van der Waals surface area (Å²) in [5.41, 5.74) is 1.20. The lowest BCUT2D eigenvalue weighted by atomic mass is 10.1. The number of phenolic OH excluding ortho intramolecular Hbond substituents is 1. The van der Waals surface area contributed by atoms with Crippen LogP contribution in [0.15, 0.2) is 12.1 Å². The molecule has 13 heavy (non-hydrogen) atoms. The minimum Gasteiger partial charge on any atom is -0.507 e. The van der Waals surface area contributed by atoms with E-state index >= 15 is 0 Å².